The van der Waals surface area contributed by atoms with Crippen LogP contribution in [-0.4, -0.2) is 15.0 Å². The van der Waals surface area contributed by atoms with E-state index in [1.54, 1.807) is 12.3 Å². The molecule has 1 aromatic carbocycles. The number of allylic oxidation sites excluding steroid dienone is 4. The number of halogens is 1. The molecule has 0 fully saturated rings. The molecule has 5 heteroatoms. The van der Waals surface area contributed by atoms with Gasteiger partial charge in [0.15, 0.2) is 0 Å². The van der Waals surface area contributed by atoms with E-state index >= 15 is 0 Å². The number of hydrogen-bond acceptors (Lipinski definition) is 2. The maximum Gasteiger partial charge on any atom is 0.256 e. The van der Waals surface area contributed by atoms with Crippen molar-refractivity contribution in [3.63, 3.8) is 0 Å². The highest BCUT2D eigenvalue weighted by atomic mass is 19.1. The molecule has 0 atom stereocenters. The summed E-state index contributed by atoms with van der Waals surface area (Å²) in [6, 6.07) is 9.93. The first-order chi connectivity index (χ1) is 13.1. The van der Waals surface area contributed by atoms with Gasteiger partial charge in [-0.2, -0.15) is 0 Å². The predicted molar refractivity (Wildman–Crippen MR) is 103 cm³/mol. The number of aromatic nitrogens is 3. The van der Waals surface area contributed by atoms with Gasteiger partial charge < -0.3 is 9.97 Å². The molecule has 2 heterocycles. The van der Waals surface area contributed by atoms with E-state index in [4.69, 9.17) is 4.98 Å². The van der Waals surface area contributed by atoms with Crippen LogP contribution in [0.15, 0.2) is 65.4 Å². The molecule has 3 aromatic rings. The van der Waals surface area contributed by atoms with Crippen LogP contribution in [0.25, 0.3) is 22.5 Å². The van der Waals surface area contributed by atoms with Gasteiger partial charge in [-0.15, -0.1) is 0 Å². The van der Waals surface area contributed by atoms with Crippen LogP contribution in [0, 0.1) is 17.5 Å². The van der Waals surface area contributed by atoms with Gasteiger partial charge >= 0.3 is 0 Å². The molecule has 132 valence electrons. The van der Waals surface area contributed by atoms with Gasteiger partial charge in [0.2, 0.25) is 0 Å². The van der Waals surface area contributed by atoms with Crippen molar-refractivity contribution in [3.8, 4) is 11.4 Å². The third-order valence-corrected chi connectivity index (χ3v) is 5.02. The van der Waals surface area contributed by atoms with Crippen LogP contribution < -0.4 is 16.1 Å². The SMILES string of the molecule is Cc1ccc(-c2nc3c([nH]2)=c2cc[nH]c(=O)c2=C2C=C(F)C=CC=3C2)cc1. The minimum absolute atomic E-state index is 0.230. The first-order valence-electron chi connectivity index (χ1n) is 8.77. The lowest BCUT2D eigenvalue weighted by molar-refractivity contribution is 0.668. The van der Waals surface area contributed by atoms with E-state index in [0.717, 1.165) is 32.9 Å². The van der Waals surface area contributed by atoms with E-state index in [9.17, 15) is 9.18 Å². The average molecular weight is 357 g/mol. The Morgan fingerprint density at radius 1 is 1.07 bits per heavy atom. The highest BCUT2D eigenvalue weighted by molar-refractivity contribution is 5.76. The van der Waals surface area contributed by atoms with Crippen LogP contribution in [0.2, 0.25) is 0 Å². The number of H-pyrrole nitrogens is 2. The van der Waals surface area contributed by atoms with E-state index in [2.05, 4.69) is 9.97 Å². The normalized spacial score (nSPS) is 15.0. The van der Waals surface area contributed by atoms with E-state index in [1.807, 2.05) is 37.3 Å². The van der Waals surface area contributed by atoms with Gasteiger partial charge in [-0.25, -0.2) is 9.37 Å². The lowest BCUT2D eigenvalue weighted by Crippen LogP contribution is -2.30. The highest BCUT2D eigenvalue weighted by Crippen LogP contribution is 2.23. The standard InChI is InChI=1S/C22H16FN3O/c1-12-2-4-13(5-3-12)21-25-19-14-6-7-16(23)11-15(10-14)18-17(20(19)26-21)8-9-24-22(18)27/h2-9,11H,10H2,1H3,(H,24,27)(H,25,26). The highest BCUT2D eigenvalue weighted by Gasteiger charge is 2.15. The minimum Gasteiger partial charge on any atom is -0.337 e. The van der Waals surface area contributed by atoms with E-state index in [1.165, 1.54) is 17.7 Å². The monoisotopic (exact) mass is 357 g/mol. The van der Waals surface area contributed by atoms with Gasteiger partial charge in [0.25, 0.3) is 5.56 Å². The summed E-state index contributed by atoms with van der Waals surface area (Å²) in [7, 11) is 0. The third kappa shape index (κ3) is 2.51. The number of benzene rings is 1. The van der Waals surface area contributed by atoms with Crippen molar-refractivity contribution in [1.82, 2.24) is 15.0 Å². The Balaban J connectivity index is 2.00. The number of imidazole rings is 1. The summed E-state index contributed by atoms with van der Waals surface area (Å²) in [5.74, 6) is 0.361. The molecule has 0 aliphatic heterocycles. The van der Waals surface area contributed by atoms with E-state index in [0.29, 0.717) is 17.2 Å². The maximum atomic E-state index is 14.1. The molecule has 2 aliphatic carbocycles. The smallest absolute Gasteiger partial charge is 0.256 e. The summed E-state index contributed by atoms with van der Waals surface area (Å²) in [6.45, 7) is 2.04. The van der Waals surface area contributed by atoms with E-state index in [-0.39, 0.29) is 11.4 Å². The van der Waals surface area contributed by atoms with Crippen molar-refractivity contribution in [1.29, 1.82) is 0 Å². The van der Waals surface area contributed by atoms with Crippen molar-refractivity contribution in [2.45, 2.75) is 13.3 Å². The maximum absolute atomic E-state index is 14.1. The molecule has 2 bridgehead atoms. The molecule has 4 nitrogen and oxygen atoms in total. The second kappa shape index (κ2) is 5.77. The van der Waals surface area contributed by atoms with Crippen molar-refractivity contribution < 1.29 is 4.39 Å². The van der Waals surface area contributed by atoms with Gasteiger partial charge in [0.05, 0.1) is 15.9 Å². The van der Waals surface area contributed by atoms with Gasteiger partial charge in [0.1, 0.15) is 11.7 Å². The summed E-state index contributed by atoms with van der Waals surface area (Å²) in [5.41, 5.74) is 3.45. The minimum atomic E-state index is -0.369. The summed E-state index contributed by atoms with van der Waals surface area (Å²) in [4.78, 5) is 23.5. The number of hydrogen-bond donors (Lipinski definition) is 2. The zero-order valence-electron chi connectivity index (χ0n) is 14.6. The molecular weight excluding hydrogens is 341 g/mol. The van der Waals surface area contributed by atoms with Crippen molar-refractivity contribution in [2.24, 2.45) is 0 Å². The van der Waals surface area contributed by atoms with E-state index < -0.39 is 0 Å². The van der Waals surface area contributed by atoms with Crippen molar-refractivity contribution in [2.75, 3.05) is 0 Å². The Bertz CT molecular complexity index is 1420. The quantitative estimate of drug-likeness (QED) is 0.703. The summed E-state index contributed by atoms with van der Waals surface area (Å²) in [5, 5.41) is 2.78. The molecule has 0 amide bonds. The topological polar surface area (TPSA) is 61.5 Å². The van der Waals surface area contributed by atoms with Crippen LogP contribution in [0.5, 0.6) is 0 Å². The second-order valence-electron chi connectivity index (χ2n) is 6.86. The van der Waals surface area contributed by atoms with Crippen LogP contribution in [0.1, 0.15) is 12.0 Å². The first-order valence-corrected chi connectivity index (χ1v) is 8.77. The molecule has 2 aromatic heterocycles. The third-order valence-electron chi connectivity index (χ3n) is 5.02. The lowest BCUT2D eigenvalue weighted by Gasteiger charge is -2.00. The number of nitrogens with zero attached hydrogens (tertiary/aromatic N) is 1. The molecule has 2 N–H and O–H groups in total. The summed E-state index contributed by atoms with van der Waals surface area (Å²) < 4.78 is 14.1. The molecule has 27 heavy (non-hydrogen) atoms. The Kier molecular flexibility index (Phi) is 3.37. The molecule has 2 aliphatic rings. The van der Waals surface area contributed by atoms with Gasteiger partial charge in [0, 0.05) is 23.4 Å². The number of aryl methyl sites for hydroxylation is 1. The molecule has 5 rings (SSSR count). The zero-order valence-corrected chi connectivity index (χ0v) is 14.6. The largest absolute Gasteiger partial charge is 0.337 e. The first kappa shape index (κ1) is 15.8. The number of aromatic amines is 2. The number of fused-ring (bicyclic) bond motifs is 4. The van der Waals surface area contributed by atoms with Crippen LogP contribution in [0.3, 0.4) is 0 Å². The molecule has 0 radical (unpaired) electrons. The zero-order chi connectivity index (χ0) is 18.5. The molecular formula is C22H16FN3O. The summed E-state index contributed by atoms with van der Waals surface area (Å²) >= 11 is 0. The van der Waals surface area contributed by atoms with Gasteiger partial charge in [-0.1, -0.05) is 35.9 Å². The Labute approximate surface area is 153 Å². The van der Waals surface area contributed by atoms with Crippen LogP contribution in [0.4, 0.5) is 4.39 Å². The molecule has 0 spiro atoms. The molecule has 0 saturated heterocycles. The number of pyridine rings is 1. The number of nitrogens with one attached hydrogen (secondary N) is 2. The number of rotatable bonds is 1. The average Bonchev–Trinajstić information content (AvgIpc) is 2.95. The summed E-state index contributed by atoms with van der Waals surface area (Å²) in [6.07, 6.45) is 6.67. The Morgan fingerprint density at radius 2 is 1.89 bits per heavy atom. The fourth-order valence-corrected chi connectivity index (χ4v) is 3.69. The molecule has 0 saturated carbocycles. The fourth-order valence-electron chi connectivity index (χ4n) is 3.69. The predicted octanol–water partition coefficient (Wildman–Crippen LogP) is 2.49. The Morgan fingerprint density at radius 3 is 2.70 bits per heavy atom. The Hall–Kier alpha value is -3.47. The lowest BCUT2D eigenvalue weighted by atomic mass is 10.1. The van der Waals surface area contributed by atoms with Crippen LogP contribution in [-0.2, 0) is 0 Å². The molecule has 0 unspecified atom stereocenters. The fraction of sp³-hybridized carbons (Fsp3) is 0.0909. The second-order valence-corrected chi connectivity index (χ2v) is 6.86. The van der Waals surface area contributed by atoms with Crippen LogP contribution >= 0.6 is 0 Å². The van der Waals surface area contributed by atoms with Crippen molar-refractivity contribution >= 4 is 11.1 Å². The van der Waals surface area contributed by atoms with Crippen molar-refractivity contribution in [3.05, 3.63) is 97.6 Å². The van der Waals surface area contributed by atoms with Gasteiger partial charge in [-0.05, 0) is 36.3 Å². The van der Waals surface area contributed by atoms with Gasteiger partial charge in [-0.3, -0.25) is 4.79 Å².